The van der Waals surface area contributed by atoms with E-state index in [2.05, 4.69) is 16.0 Å². The number of carbonyl (C=O) groups is 5. The number of carboxylic acids is 2. The zero-order valence-electron chi connectivity index (χ0n) is 20.1. The molecule has 0 aromatic rings. The topological polar surface area (TPSA) is 260 Å². The van der Waals surface area contributed by atoms with Gasteiger partial charge >= 0.3 is 11.9 Å². The number of hydrogen-bond donors (Lipinski definition) is 9. The van der Waals surface area contributed by atoms with Gasteiger partial charge in [0.15, 0.2) is 0 Å². The lowest BCUT2D eigenvalue weighted by Gasteiger charge is -2.25. The maximum absolute atomic E-state index is 13.0. The number of amides is 3. The molecule has 0 saturated carbocycles. The normalized spacial score (nSPS) is 15.2. The van der Waals surface area contributed by atoms with E-state index in [0.717, 1.165) is 0 Å². The Kier molecular flexibility index (Phi) is 16.2. The van der Waals surface area contributed by atoms with E-state index in [4.69, 9.17) is 22.3 Å². The molecule has 0 aliphatic carbocycles. The standard InChI is InChI=1S/C21H40N6O8/c1-12(28)17(24)20(33)26-14(7-3-5-11-23)18(31)25-13(6-2-4-10-22)19(32)27-15(21(34)35)8-9-16(29)30/h12-15,17,28H,2-11,22-24H2,1H3,(H,25,31)(H,26,33)(H,27,32)(H,29,30)(H,34,35). The molecule has 12 N–H and O–H groups in total. The van der Waals surface area contributed by atoms with Gasteiger partial charge in [-0.2, -0.15) is 0 Å². The van der Waals surface area contributed by atoms with Gasteiger partial charge in [-0.05, 0) is 65.0 Å². The lowest BCUT2D eigenvalue weighted by Crippen LogP contribution is -2.58. The van der Waals surface area contributed by atoms with Gasteiger partial charge in [-0.25, -0.2) is 4.79 Å². The highest BCUT2D eigenvalue weighted by molar-refractivity contribution is 5.94. The first-order valence-corrected chi connectivity index (χ1v) is 11.6. The number of carboxylic acid groups (broad SMARTS) is 2. The molecule has 5 unspecified atom stereocenters. The molecule has 14 heteroatoms. The summed E-state index contributed by atoms with van der Waals surface area (Å²) in [5.41, 5.74) is 16.6. The highest BCUT2D eigenvalue weighted by Gasteiger charge is 2.30. The van der Waals surface area contributed by atoms with Crippen LogP contribution in [-0.2, 0) is 24.0 Å². The molecule has 0 saturated heterocycles. The fourth-order valence-electron chi connectivity index (χ4n) is 3.08. The van der Waals surface area contributed by atoms with E-state index in [-0.39, 0.29) is 19.3 Å². The van der Waals surface area contributed by atoms with Crippen LogP contribution < -0.4 is 33.2 Å². The first-order chi connectivity index (χ1) is 16.4. The fourth-order valence-corrected chi connectivity index (χ4v) is 3.08. The summed E-state index contributed by atoms with van der Waals surface area (Å²) in [5, 5.41) is 34.9. The highest BCUT2D eigenvalue weighted by Crippen LogP contribution is 2.07. The monoisotopic (exact) mass is 504 g/mol. The smallest absolute Gasteiger partial charge is 0.326 e. The number of nitrogens with two attached hydrogens (primary N) is 3. The van der Waals surface area contributed by atoms with E-state index in [0.29, 0.717) is 38.8 Å². The van der Waals surface area contributed by atoms with Crippen molar-refractivity contribution in [2.45, 2.75) is 88.6 Å². The number of rotatable bonds is 19. The largest absolute Gasteiger partial charge is 0.481 e. The predicted octanol–water partition coefficient (Wildman–Crippen LogP) is -2.64. The number of carbonyl (C=O) groups excluding carboxylic acids is 3. The van der Waals surface area contributed by atoms with Gasteiger partial charge in [-0.15, -0.1) is 0 Å². The molecule has 3 amide bonds. The Labute approximate surface area is 204 Å². The summed E-state index contributed by atoms with van der Waals surface area (Å²) in [6.45, 7) is 2.04. The van der Waals surface area contributed by atoms with Gasteiger partial charge in [0.1, 0.15) is 24.2 Å². The third-order valence-electron chi connectivity index (χ3n) is 5.24. The van der Waals surface area contributed by atoms with E-state index in [1.165, 1.54) is 6.92 Å². The van der Waals surface area contributed by atoms with Crippen LogP contribution in [0.4, 0.5) is 0 Å². The molecule has 0 aliphatic rings. The van der Waals surface area contributed by atoms with Crippen LogP contribution in [0.2, 0.25) is 0 Å². The van der Waals surface area contributed by atoms with Gasteiger partial charge in [0.2, 0.25) is 17.7 Å². The van der Waals surface area contributed by atoms with Crippen LogP contribution in [0.15, 0.2) is 0 Å². The fraction of sp³-hybridized carbons (Fsp3) is 0.762. The van der Waals surface area contributed by atoms with Gasteiger partial charge in [0.05, 0.1) is 6.10 Å². The Balaban J connectivity index is 5.53. The summed E-state index contributed by atoms with van der Waals surface area (Å²) in [7, 11) is 0. The van der Waals surface area contributed by atoms with Crippen LogP contribution >= 0.6 is 0 Å². The predicted molar refractivity (Wildman–Crippen MR) is 126 cm³/mol. The van der Waals surface area contributed by atoms with Crippen molar-refractivity contribution in [2.75, 3.05) is 13.1 Å². The molecule has 0 heterocycles. The molecule has 0 aromatic heterocycles. The van der Waals surface area contributed by atoms with Crippen LogP contribution in [0.3, 0.4) is 0 Å². The Morgan fingerprint density at radius 3 is 1.51 bits per heavy atom. The number of hydrogen-bond acceptors (Lipinski definition) is 9. The van der Waals surface area contributed by atoms with Gasteiger partial charge in [0.25, 0.3) is 0 Å². The molecule has 0 bridgehead atoms. The van der Waals surface area contributed by atoms with Gasteiger partial charge in [-0.1, -0.05) is 0 Å². The van der Waals surface area contributed by atoms with E-state index in [1.807, 2.05) is 0 Å². The maximum atomic E-state index is 13.0. The number of aliphatic hydroxyl groups is 1. The second-order valence-electron chi connectivity index (χ2n) is 8.29. The van der Waals surface area contributed by atoms with Crippen molar-refractivity contribution in [1.82, 2.24) is 16.0 Å². The molecular formula is C21H40N6O8. The lowest BCUT2D eigenvalue weighted by molar-refractivity contribution is -0.143. The lowest BCUT2D eigenvalue weighted by atomic mass is 10.0. The Bertz CT molecular complexity index is 705. The molecule has 35 heavy (non-hydrogen) atoms. The van der Waals surface area contributed by atoms with Crippen LogP contribution in [0, 0.1) is 0 Å². The molecular weight excluding hydrogens is 464 g/mol. The molecule has 5 atom stereocenters. The van der Waals surface area contributed by atoms with E-state index in [1.54, 1.807) is 0 Å². The number of nitrogens with one attached hydrogen (secondary N) is 3. The van der Waals surface area contributed by atoms with E-state index in [9.17, 15) is 34.2 Å². The summed E-state index contributed by atoms with van der Waals surface area (Å²) in [5.74, 6) is -4.88. The summed E-state index contributed by atoms with van der Waals surface area (Å²) >= 11 is 0. The Morgan fingerprint density at radius 1 is 0.714 bits per heavy atom. The van der Waals surface area contributed by atoms with Gasteiger partial charge < -0.3 is 48.5 Å². The Hall–Kier alpha value is -2.81. The van der Waals surface area contributed by atoms with Crippen LogP contribution in [0.25, 0.3) is 0 Å². The van der Waals surface area contributed by atoms with Crippen molar-refractivity contribution in [2.24, 2.45) is 17.2 Å². The first kappa shape index (κ1) is 32.2. The maximum Gasteiger partial charge on any atom is 0.326 e. The van der Waals surface area contributed by atoms with Gasteiger partial charge in [0, 0.05) is 6.42 Å². The van der Waals surface area contributed by atoms with Crippen LogP contribution in [-0.4, -0.2) is 88.3 Å². The molecule has 0 spiro atoms. The van der Waals surface area contributed by atoms with E-state index < -0.39 is 66.4 Å². The average Bonchev–Trinajstić information content (AvgIpc) is 2.79. The molecule has 14 nitrogen and oxygen atoms in total. The molecule has 0 rings (SSSR count). The van der Waals surface area contributed by atoms with Crippen molar-refractivity contribution in [3.8, 4) is 0 Å². The minimum atomic E-state index is -1.46. The summed E-state index contributed by atoms with van der Waals surface area (Å²) < 4.78 is 0. The first-order valence-electron chi connectivity index (χ1n) is 11.6. The SMILES string of the molecule is CC(O)C(N)C(=O)NC(CCCCN)C(=O)NC(CCCCN)C(=O)NC(CCC(=O)O)C(=O)O. The molecule has 0 aromatic carbocycles. The number of aliphatic carboxylic acids is 2. The number of unbranched alkanes of at least 4 members (excludes halogenated alkanes) is 2. The van der Waals surface area contributed by atoms with Crippen molar-refractivity contribution in [1.29, 1.82) is 0 Å². The van der Waals surface area contributed by atoms with Crippen molar-refractivity contribution in [3.05, 3.63) is 0 Å². The average molecular weight is 505 g/mol. The van der Waals surface area contributed by atoms with Gasteiger partial charge in [-0.3, -0.25) is 19.2 Å². The zero-order chi connectivity index (χ0) is 27.0. The minimum Gasteiger partial charge on any atom is -0.481 e. The Morgan fingerprint density at radius 2 is 1.14 bits per heavy atom. The third kappa shape index (κ3) is 13.6. The molecule has 0 aliphatic heterocycles. The minimum absolute atomic E-state index is 0.136. The highest BCUT2D eigenvalue weighted by atomic mass is 16.4. The molecule has 202 valence electrons. The molecule has 0 fully saturated rings. The molecule has 0 radical (unpaired) electrons. The quantitative estimate of drug-likeness (QED) is 0.0820. The van der Waals surface area contributed by atoms with Crippen LogP contribution in [0.5, 0.6) is 0 Å². The summed E-state index contributed by atoms with van der Waals surface area (Å²) in [6.07, 6.45) is 0.405. The van der Waals surface area contributed by atoms with Crippen molar-refractivity contribution >= 4 is 29.7 Å². The third-order valence-corrected chi connectivity index (χ3v) is 5.24. The van der Waals surface area contributed by atoms with Crippen molar-refractivity contribution < 1.29 is 39.3 Å². The summed E-state index contributed by atoms with van der Waals surface area (Å²) in [4.78, 5) is 60.3. The second kappa shape index (κ2) is 17.6. The van der Waals surface area contributed by atoms with Crippen LogP contribution in [0.1, 0.15) is 58.3 Å². The van der Waals surface area contributed by atoms with E-state index >= 15 is 0 Å². The second-order valence-corrected chi connectivity index (χ2v) is 8.29. The zero-order valence-corrected chi connectivity index (χ0v) is 20.1. The summed E-state index contributed by atoms with van der Waals surface area (Å²) in [6, 6.07) is -4.96. The number of aliphatic hydroxyl groups excluding tert-OH is 1. The van der Waals surface area contributed by atoms with Crippen molar-refractivity contribution in [3.63, 3.8) is 0 Å².